The highest BCUT2D eigenvalue weighted by Crippen LogP contribution is 2.13. The van der Waals surface area contributed by atoms with Crippen molar-refractivity contribution in [2.24, 2.45) is 0 Å². The molecule has 1 amide bonds. The number of unbranched alkanes of at least 4 members (excludes halogenated alkanes) is 21. The van der Waals surface area contributed by atoms with Crippen molar-refractivity contribution in [3.05, 3.63) is 5.21 Å². The van der Waals surface area contributed by atoms with E-state index in [0.29, 0.717) is 26.1 Å². The second-order valence-corrected chi connectivity index (χ2v) is 13.2. The van der Waals surface area contributed by atoms with Crippen LogP contribution in [0.3, 0.4) is 0 Å². The molecule has 43 heavy (non-hydrogen) atoms. The molecule has 0 heterocycles. The van der Waals surface area contributed by atoms with Crippen LogP contribution in [0.25, 0.3) is 0 Å². The Morgan fingerprint density at radius 3 is 1.35 bits per heavy atom. The average Bonchev–Trinajstić information content (AvgIpc) is 2.97. The van der Waals surface area contributed by atoms with Gasteiger partial charge in [0.2, 0.25) is 5.91 Å². The molecular formula is C36H78N4O3. The fraction of sp³-hybridized carbons (Fsp3) is 0.972. The van der Waals surface area contributed by atoms with Crippen molar-refractivity contribution in [1.82, 2.24) is 16.1 Å². The number of carbonyl (C=O) groups excluding carboxylic acids is 1. The fourth-order valence-corrected chi connectivity index (χ4v) is 5.23. The normalized spacial score (nSPS) is 11.4. The van der Waals surface area contributed by atoms with Gasteiger partial charge in [0.15, 0.2) is 0 Å². The minimum atomic E-state index is -0.166. The summed E-state index contributed by atoms with van der Waals surface area (Å²) < 4.78 is -0.166. The van der Waals surface area contributed by atoms with Crippen LogP contribution in [-0.4, -0.2) is 62.6 Å². The summed E-state index contributed by atoms with van der Waals surface area (Å²) in [7, 11) is 3.43. The second-order valence-electron chi connectivity index (χ2n) is 13.2. The van der Waals surface area contributed by atoms with E-state index in [1.807, 2.05) is 0 Å². The van der Waals surface area contributed by atoms with Crippen LogP contribution in [0.15, 0.2) is 0 Å². The van der Waals surface area contributed by atoms with Gasteiger partial charge in [-0.2, -0.15) is 0 Å². The molecule has 0 spiro atoms. The maximum atomic E-state index is 11.5. The zero-order chi connectivity index (χ0) is 32.1. The average molecular weight is 615 g/mol. The van der Waals surface area contributed by atoms with Crippen molar-refractivity contribution in [1.29, 1.82) is 0 Å². The van der Waals surface area contributed by atoms with Crippen LogP contribution in [0.5, 0.6) is 0 Å². The van der Waals surface area contributed by atoms with Crippen LogP contribution in [0.2, 0.25) is 0 Å². The summed E-state index contributed by atoms with van der Waals surface area (Å²) in [5.74, 6) is 0.142. The standard InChI is InChI=1S/C19H42N2O.C17H36N2O2/c1-4-5-6-7-8-9-10-11-12-13-14-15-17-20-18-16-19-21(2,3)22;1-2-3-4-5-6-7-8-9-10-11-12-14-17(20)18-15-13-16-19-21/h20H,4-19H2,1-3H3;19,21H,2-16H2,1H3,(H,18,20). The van der Waals surface area contributed by atoms with E-state index in [1.165, 1.54) is 141 Å². The molecule has 0 aromatic carbocycles. The zero-order valence-corrected chi connectivity index (χ0v) is 29.6. The van der Waals surface area contributed by atoms with Gasteiger partial charge in [-0.05, 0) is 25.8 Å². The Hall–Kier alpha value is -0.730. The van der Waals surface area contributed by atoms with Crippen LogP contribution in [0, 0.1) is 5.21 Å². The Morgan fingerprint density at radius 2 is 0.930 bits per heavy atom. The first-order valence-corrected chi connectivity index (χ1v) is 18.8. The van der Waals surface area contributed by atoms with E-state index >= 15 is 0 Å². The van der Waals surface area contributed by atoms with Crippen molar-refractivity contribution in [3.63, 3.8) is 0 Å². The number of amides is 1. The number of hydrogen-bond donors (Lipinski definition) is 4. The topological polar surface area (TPSA) is 96.5 Å². The summed E-state index contributed by atoms with van der Waals surface area (Å²) in [5.41, 5.74) is 2.08. The van der Waals surface area contributed by atoms with Gasteiger partial charge in [0.05, 0.1) is 20.6 Å². The molecule has 0 bridgehead atoms. The minimum absolute atomic E-state index is 0.142. The zero-order valence-electron chi connectivity index (χ0n) is 29.6. The fourth-order valence-electron chi connectivity index (χ4n) is 5.23. The number of hydroxylamine groups is 4. The minimum Gasteiger partial charge on any atom is -0.633 e. The van der Waals surface area contributed by atoms with E-state index in [2.05, 4.69) is 30.0 Å². The summed E-state index contributed by atoms with van der Waals surface area (Å²) in [6.45, 7) is 8.52. The van der Waals surface area contributed by atoms with Crippen molar-refractivity contribution in [2.45, 2.75) is 181 Å². The van der Waals surface area contributed by atoms with Gasteiger partial charge in [-0.15, -0.1) is 0 Å². The second kappa shape index (κ2) is 37.5. The third kappa shape index (κ3) is 45.8. The van der Waals surface area contributed by atoms with Crippen LogP contribution < -0.4 is 16.1 Å². The molecule has 0 aliphatic carbocycles. The number of hydrogen-bond acceptors (Lipinski definition) is 5. The van der Waals surface area contributed by atoms with E-state index in [1.54, 1.807) is 14.1 Å². The van der Waals surface area contributed by atoms with E-state index < -0.39 is 0 Å². The number of quaternary nitrogens is 1. The summed E-state index contributed by atoms with van der Waals surface area (Å²) in [6.07, 6.45) is 33.6. The number of rotatable bonds is 33. The van der Waals surface area contributed by atoms with Crippen LogP contribution in [0.4, 0.5) is 0 Å². The first kappa shape index (κ1) is 44.4. The molecule has 260 valence electrons. The number of nitrogens with zero attached hydrogens (tertiary/aromatic N) is 1. The Morgan fingerprint density at radius 1 is 0.535 bits per heavy atom. The molecule has 0 radical (unpaired) electrons. The molecule has 0 rings (SSSR count). The van der Waals surface area contributed by atoms with Gasteiger partial charge >= 0.3 is 0 Å². The molecule has 0 saturated carbocycles. The maximum Gasteiger partial charge on any atom is 0.219 e. The first-order chi connectivity index (χ1) is 20.9. The Bertz CT molecular complexity index is 529. The molecule has 0 aliphatic heterocycles. The van der Waals surface area contributed by atoms with Crippen molar-refractivity contribution < 1.29 is 14.6 Å². The van der Waals surface area contributed by atoms with Gasteiger partial charge in [0.25, 0.3) is 0 Å². The molecule has 0 saturated heterocycles. The SMILES string of the molecule is CCCCCCCCCCCCCC(=O)NCCCNO.CCCCCCCCCCCCCCNCCC[N+](C)(C)[O-]. The predicted molar refractivity (Wildman–Crippen MR) is 187 cm³/mol. The number of nitrogens with one attached hydrogen (secondary N) is 3. The summed E-state index contributed by atoms with van der Waals surface area (Å²) in [6, 6.07) is 0. The Labute approximate surface area is 269 Å². The highest BCUT2D eigenvalue weighted by molar-refractivity contribution is 5.75. The Kier molecular flexibility index (Phi) is 38.7. The van der Waals surface area contributed by atoms with Gasteiger partial charge in [-0.25, -0.2) is 5.48 Å². The molecule has 0 fully saturated rings. The predicted octanol–water partition coefficient (Wildman–Crippen LogP) is 9.41. The lowest BCUT2D eigenvalue weighted by Crippen LogP contribution is -2.34. The van der Waals surface area contributed by atoms with Gasteiger partial charge in [-0.3, -0.25) is 4.79 Å². The van der Waals surface area contributed by atoms with Crippen molar-refractivity contribution in [3.8, 4) is 0 Å². The van der Waals surface area contributed by atoms with E-state index in [4.69, 9.17) is 5.21 Å². The summed E-state index contributed by atoms with van der Waals surface area (Å²) >= 11 is 0. The molecule has 0 atom stereocenters. The molecule has 4 N–H and O–H groups in total. The molecule has 0 unspecified atom stereocenters. The van der Waals surface area contributed by atoms with Crippen LogP contribution in [-0.2, 0) is 4.79 Å². The highest BCUT2D eigenvalue weighted by Gasteiger charge is 2.01. The van der Waals surface area contributed by atoms with E-state index in [0.717, 1.165) is 32.4 Å². The number of carbonyl (C=O) groups is 1. The van der Waals surface area contributed by atoms with Gasteiger partial charge in [0, 0.05) is 32.5 Å². The van der Waals surface area contributed by atoms with Crippen LogP contribution >= 0.6 is 0 Å². The molecule has 0 aliphatic rings. The lowest BCUT2D eigenvalue weighted by Gasteiger charge is -2.33. The molecular weight excluding hydrogens is 536 g/mol. The summed E-state index contributed by atoms with van der Waals surface area (Å²) in [4.78, 5) is 11.5. The third-order valence-corrected chi connectivity index (χ3v) is 8.05. The molecule has 0 aromatic rings. The van der Waals surface area contributed by atoms with E-state index in [9.17, 15) is 10.0 Å². The van der Waals surface area contributed by atoms with Gasteiger partial charge in [0.1, 0.15) is 0 Å². The van der Waals surface area contributed by atoms with E-state index in [-0.39, 0.29) is 10.6 Å². The molecule has 7 nitrogen and oxygen atoms in total. The van der Waals surface area contributed by atoms with Crippen LogP contribution in [0.1, 0.15) is 181 Å². The maximum absolute atomic E-state index is 11.5. The Balaban J connectivity index is 0. The van der Waals surface area contributed by atoms with Gasteiger partial charge < -0.3 is 25.7 Å². The van der Waals surface area contributed by atoms with Crippen molar-refractivity contribution in [2.75, 3.05) is 46.8 Å². The largest absolute Gasteiger partial charge is 0.633 e. The monoisotopic (exact) mass is 615 g/mol. The highest BCUT2D eigenvalue weighted by atomic mass is 16.5. The quantitative estimate of drug-likeness (QED) is 0.0335. The first-order valence-electron chi connectivity index (χ1n) is 18.8. The third-order valence-electron chi connectivity index (χ3n) is 8.05. The molecule has 0 aromatic heterocycles. The van der Waals surface area contributed by atoms with Gasteiger partial charge in [-0.1, -0.05) is 149 Å². The van der Waals surface area contributed by atoms with Crippen molar-refractivity contribution >= 4 is 5.91 Å². The smallest absolute Gasteiger partial charge is 0.219 e. The lowest BCUT2D eigenvalue weighted by molar-refractivity contribution is -0.840. The molecule has 7 heteroatoms. The summed E-state index contributed by atoms with van der Waals surface area (Å²) in [5, 5.41) is 26.1. The lowest BCUT2D eigenvalue weighted by atomic mass is 10.1.